The highest BCUT2D eigenvalue weighted by Gasteiger charge is 2.14. The summed E-state index contributed by atoms with van der Waals surface area (Å²) in [7, 11) is 0. The van der Waals surface area contributed by atoms with E-state index in [9.17, 15) is 4.79 Å². The number of nitrogens with two attached hydrogens (primary N) is 2. The standard InChI is InChI=1S/C15H17N3O2/c16-8-13(17)15-14(7-6-12(9-19)18-15)20-10-11-4-2-1-3-5-11/h1-7,9,13H,8,10,16-17H2/t13-/m0/s1. The molecule has 0 saturated carbocycles. The van der Waals surface area contributed by atoms with Crippen LogP contribution in [0.25, 0.3) is 0 Å². The molecule has 4 N–H and O–H groups in total. The van der Waals surface area contributed by atoms with Crippen LogP contribution in [0.5, 0.6) is 5.75 Å². The number of aromatic nitrogens is 1. The average Bonchev–Trinajstić information content (AvgIpc) is 2.53. The van der Waals surface area contributed by atoms with E-state index in [0.29, 0.717) is 30.0 Å². The van der Waals surface area contributed by atoms with Gasteiger partial charge in [-0.3, -0.25) is 4.79 Å². The number of hydrogen-bond acceptors (Lipinski definition) is 5. The number of ether oxygens (including phenoxy) is 1. The van der Waals surface area contributed by atoms with Crippen LogP contribution in [0.3, 0.4) is 0 Å². The van der Waals surface area contributed by atoms with Crippen molar-refractivity contribution in [3.05, 3.63) is 59.4 Å². The van der Waals surface area contributed by atoms with Gasteiger partial charge in [-0.2, -0.15) is 0 Å². The van der Waals surface area contributed by atoms with Crippen molar-refractivity contribution in [1.82, 2.24) is 4.98 Å². The number of rotatable bonds is 6. The Balaban J connectivity index is 2.20. The molecule has 0 aliphatic heterocycles. The maximum absolute atomic E-state index is 10.8. The second-order valence-corrected chi connectivity index (χ2v) is 4.35. The topological polar surface area (TPSA) is 91.2 Å². The summed E-state index contributed by atoms with van der Waals surface area (Å²) < 4.78 is 5.73. The smallest absolute Gasteiger partial charge is 0.168 e. The second-order valence-electron chi connectivity index (χ2n) is 4.35. The molecule has 20 heavy (non-hydrogen) atoms. The number of nitrogens with zero attached hydrogens (tertiary/aromatic N) is 1. The third-order valence-electron chi connectivity index (χ3n) is 2.87. The van der Waals surface area contributed by atoms with E-state index in [1.807, 2.05) is 30.3 Å². The molecule has 0 aliphatic carbocycles. The number of benzene rings is 1. The summed E-state index contributed by atoms with van der Waals surface area (Å²) >= 11 is 0. The SMILES string of the molecule is NC[C@H](N)c1nc(C=O)ccc1OCc1ccccc1. The Labute approximate surface area is 117 Å². The molecule has 1 aromatic heterocycles. The summed E-state index contributed by atoms with van der Waals surface area (Å²) in [6.07, 6.45) is 0.674. The predicted molar refractivity (Wildman–Crippen MR) is 76.4 cm³/mol. The molecule has 0 unspecified atom stereocenters. The Morgan fingerprint density at radius 3 is 2.60 bits per heavy atom. The third kappa shape index (κ3) is 3.40. The fraction of sp³-hybridized carbons (Fsp3) is 0.200. The van der Waals surface area contributed by atoms with Crippen LogP contribution in [0.4, 0.5) is 0 Å². The summed E-state index contributed by atoms with van der Waals surface area (Å²) in [5, 5.41) is 0. The molecule has 2 rings (SSSR count). The van der Waals surface area contributed by atoms with E-state index in [1.165, 1.54) is 0 Å². The summed E-state index contributed by atoms with van der Waals surface area (Å²) in [4.78, 5) is 15.0. The molecule has 104 valence electrons. The van der Waals surface area contributed by atoms with Crippen LogP contribution < -0.4 is 16.2 Å². The zero-order valence-electron chi connectivity index (χ0n) is 11.0. The number of carbonyl (C=O) groups excluding carboxylic acids is 1. The molecule has 0 radical (unpaired) electrons. The van der Waals surface area contributed by atoms with Gasteiger partial charge in [0.05, 0.1) is 6.04 Å². The maximum Gasteiger partial charge on any atom is 0.168 e. The van der Waals surface area contributed by atoms with Crippen molar-refractivity contribution in [3.8, 4) is 5.75 Å². The van der Waals surface area contributed by atoms with Gasteiger partial charge in [0, 0.05) is 6.54 Å². The Bertz CT molecular complexity index is 573. The second kappa shape index (κ2) is 6.79. The van der Waals surface area contributed by atoms with E-state index < -0.39 is 6.04 Å². The van der Waals surface area contributed by atoms with Crippen molar-refractivity contribution < 1.29 is 9.53 Å². The van der Waals surface area contributed by atoms with Crippen LogP contribution in [-0.4, -0.2) is 17.8 Å². The highest BCUT2D eigenvalue weighted by atomic mass is 16.5. The van der Waals surface area contributed by atoms with Crippen molar-refractivity contribution in [2.24, 2.45) is 11.5 Å². The van der Waals surface area contributed by atoms with Gasteiger partial charge in [0.1, 0.15) is 23.7 Å². The van der Waals surface area contributed by atoms with Crippen molar-refractivity contribution in [3.63, 3.8) is 0 Å². The normalized spacial score (nSPS) is 11.9. The molecule has 2 aromatic rings. The van der Waals surface area contributed by atoms with Crippen LogP contribution in [0.1, 0.15) is 27.8 Å². The fourth-order valence-electron chi connectivity index (χ4n) is 1.78. The number of pyridine rings is 1. The van der Waals surface area contributed by atoms with E-state index in [2.05, 4.69) is 4.98 Å². The minimum absolute atomic E-state index is 0.233. The van der Waals surface area contributed by atoms with Crippen LogP contribution >= 0.6 is 0 Å². The molecule has 0 amide bonds. The van der Waals surface area contributed by atoms with Gasteiger partial charge in [-0.15, -0.1) is 0 Å². The van der Waals surface area contributed by atoms with Crippen LogP contribution in [-0.2, 0) is 6.61 Å². The first-order valence-corrected chi connectivity index (χ1v) is 6.33. The molecule has 0 fully saturated rings. The van der Waals surface area contributed by atoms with Gasteiger partial charge in [-0.05, 0) is 17.7 Å². The lowest BCUT2D eigenvalue weighted by molar-refractivity contribution is 0.111. The first-order valence-electron chi connectivity index (χ1n) is 6.33. The summed E-state index contributed by atoms with van der Waals surface area (Å²) in [5.41, 5.74) is 13.3. The van der Waals surface area contributed by atoms with Gasteiger partial charge in [0.25, 0.3) is 0 Å². The number of hydrogen-bond donors (Lipinski definition) is 2. The molecule has 1 atom stereocenters. The molecule has 0 aliphatic rings. The molecule has 0 bridgehead atoms. The van der Waals surface area contributed by atoms with Crippen LogP contribution in [0.2, 0.25) is 0 Å². The van der Waals surface area contributed by atoms with Gasteiger partial charge in [-0.25, -0.2) is 4.98 Å². The van der Waals surface area contributed by atoms with Gasteiger partial charge in [-0.1, -0.05) is 30.3 Å². The van der Waals surface area contributed by atoms with Gasteiger partial charge in [0.15, 0.2) is 6.29 Å². The number of aldehydes is 1. The highest BCUT2D eigenvalue weighted by molar-refractivity contribution is 5.72. The molecule has 0 spiro atoms. The predicted octanol–water partition coefficient (Wildman–Crippen LogP) is 1.43. The van der Waals surface area contributed by atoms with Crippen molar-refractivity contribution in [2.75, 3.05) is 6.54 Å². The summed E-state index contributed by atoms with van der Waals surface area (Å²) in [5.74, 6) is 0.553. The molecule has 1 aromatic carbocycles. The lowest BCUT2D eigenvalue weighted by atomic mass is 10.1. The molecule has 0 saturated heterocycles. The lowest BCUT2D eigenvalue weighted by Gasteiger charge is -2.15. The minimum atomic E-state index is -0.458. The molecule has 5 nitrogen and oxygen atoms in total. The van der Waals surface area contributed by atoms with Crippen LogP contribution in [0, 0.1) is 0 Å². The summed E-state index contributed by atoms with van der Waals surface area (Å²) in [6, 6.07) is 12.6. The Hall–Kier alpha value is -2.24. The minimum Gasteiger partial charge on any atom is -0.487 e. The first-order chi connectivity index (χ1) is 9.74. The zero-order chi connectivity index (χ0) is 14.4. The number of carbonyl (C=O) groups is 1. The van der Waals surface area contributed by atoms with Crippen molar-refractivity contribution in [2.45, 2.75) is 12.6 Å². The van der Waals surface area contributed by atoms with Crippen molar-refractivity contribution >= 4 is 6.29 Å². The lowest BCUT2D eigenvalue weighted by Crippen LogP contribution is -2.23. The quantitative estimate of drug-likeness (QED) is 0.775. The Morgan fingerprint density at radius 2 is 1.95 bits per heavy atom. The van der Waals surface area contributed by atoms with E-state index in [-0.39, 0.29) is 6.54 Å². The van der Waals surface area contributed by atoms with Gasteiger partial charge >= 0.3 is 0 Å². The van der Waals surface area contributed by atoms with E-state index >= 15 is 0 Å². The first kappa shape index (κ1) is 14.2. The highest BCUT2D eigenvalue weighted by Crippen LogP contribution is 2.22. The maximum atomic E-state index is 10.8. The van der Waals surface area contributed by atoms with E-state index in [4.69, 9.17) is 16.2 Å². The Kier molecular flexibility index (Phi) is 4.81. The van der Waals surface area contributed by atoms with E-state index in [1.54, 1.807) is 12.1 Å². The third-order valence-corrected chi connectivity index (χ3v) is 2.87. The zero-order valence-corrected chi connectivity index (χ0v) is 11.0. The fourth-order valence-corrected chi connectivity index (χ4v) is 1.78. The van der Waals surface area contributed by atoms with Gasteiger partial charge in [0.2, 0.25) is 0 Å². The Morgan fingerprint density at radius 1 is 1.20 bits per heavy atom. The molecule has 5 heteroatoms. The van der Waals surface area contributed by atoms with Gasteiger partial charge < -0.3 is 16.2 Å². The molecule has 1 heterocycles. The van der Waals surface area contributed by atoms with Crippen molar-refractivity contribution in [1.29, 1.82) is 0 Å². The van der Waals surface area contributed by atoms with E-state index in [0.717, 1.165) is 5.56 Å². The van der Waals surface area contributed by atoms with Crippen LogP contribution in [0.15, 0.2) is 42.5 Å². The molecular formula is C15H17N3O2. The summed E-state index contributed by atoms with van der Waals surface area (Å²) in [6.45, 7) is 0.643. The molecular weight excluding hydrogens is 254 g/mol. The average molecular weight is 271 g/mol. The monoisotopic (exact) mass is 271 g/mol. The largest absolute Gasteiger partial charge is 0.487 e.